The Labute approximate surface area is 175 Å². The molecule has 3 heterocycles. The SMILES string of the molecule is COC(=O)CC1CCCCN1C(=O)C=Cc1c(-c2ccccc2)nn2ccccc12. The van der Waals surface area contributed by atoms with E-state index >= 15 is 0 Å². The van der Waals surface area contributed by atoms with Crippen LogP contribution in [0.1, 0.15) is 31.2 Å². The van der Waals surface area contributed by atoms with E-state index in [1.807, 2.05) is 65.3 Å². The van der Waals surface area contributed by atoms with E-state index in [-0.39, 0.29) is 24.3 Å². The Bertz CT molecular complexity index is 1070. The van der Waals surface area contributed by atoms with E-state index in [1.165, 1.54) is 7.11 Å². The number of ether oxygens (including phenoxy) is 1. The van der Waals surface area contributed by atoms with Crippen molar-refractivity contribution in [1.29, 1.82) is 0 Å². The molecule has 1 aliphatic heterocycles. The molecule has 1 amide bonds. The molecule has 6 heteroatoms. The van der Waals surface area contributed by atoms with Crippen LogP contribution >= 0.6 is 0 Å². The molecule has 1 aromatic carbocycles. The van der Waals surface area contributed by atoms with Gasteiger partial charge in [-0.2, -0.15) is 5.10 Å². The second-order valence-corrected chi connectivity index (χ2v) is 7.45. The number of pyridine rings is 1. The van der Waals surface area contributed by atoms with Gasteiger partial charge in [-0.25, -0.2) is 4.52 Å². The summed E-state index contributed by atoms with van der Waals surface area (Å²) in [6, 6.07) is 15.7. The van der Waals surface area contributed by atoms with Gasteiger partial charge in [0.15, 0.2) is 0 Å². The lowest BCUT2D eigenvalue weighted by Gasteiger charge is -2.34. The molecule has 4 rings (SSSR count). The molecule has 0 bridgehead atoms. The van der Waals surface area contributed by atoms with Crippen LogP contribution in [0, 0.1) is 0 Å². The Kier molecular flexibility index (Phi) is 5.93. The summed E-state index contributed by atoms with van der Waals surface area (Å²) in [5, 5.41) is 4.72. The predicted molar refractivity (Wildman–Crippen MR) is 116 cm³/mol. The first-order chi connectivity index (χ1) is 14.7. The normalized spacial score (nSPS) is 16.8. The minimum Gasteiger partial charge on any atom is -0.469 e. The maximum atomic E-state index is 13.0. The van der Waals surface area contributed by atoms with Gasteiger partial charge in [0.1, 0.15) is 5.69 Å². The summed E-state index contributed by atoms with van der Waals surface area (Å²) in [6.45, 7) is 0.658. The smallest absolute Gasteiger partial charge is 0.307 e. The van der Waals surface area contributed by atoms with E-state index in [9.17, 15) is 9.59 Å². The van der Waals surface area contributed by atoms with E-state index in [1.54, 1.807) is 11.0 Å². The number of carbonyl (C=O) groups is 2. The number of fused-ring (bicyclic) bond motifs is 1. The summed E-state index contributed by atoms with van der Waals surface area (Å²) >= 11 is 0. The molecule has 0 radical (unpaired) electrons. The maximum absolute atomic E-state index is 13.0. The van der Waals surface area contributed by atoms with Gasteiger partial charge in [0, 0.05) is 36.0 Å². The lowest BCUT2D eigenvalue weighted by Crippen LogP contribution is -2.44. The van der Waals surface area contributed by atoms with Crippen molar-refractivity contribution in [3.8, 4) is 11.3 Å². The fourth-order valence-electron chi connectivity index (χ4n) is 4.02. The van der Waals surface area contributed by atoms with Gasteiger partial charge in [-0.15, -0.1) is 0 Å². The number of nitrogens with zero attached hydrogens (tertiary/aromatic N) is 3. The molecule has 2 aromatic heterocycles. The van der Waals surface area contributed by atoms with Crippen LogP contribution in [0.2, 0.25) is 0 Å². The Morgan fingerprint density at radius 3 is 2.73 bits per heavy atom. The highest BCUT2D eigenvalue weighted by atomic mass is 16.5. The fourth-order valence-corrected chi connectivity index (χ4v) is 4.02. The number of hydrogen-bond acceptors (Lipinski definition) is 4. The van der Waals surface area contributed by atoms with Gasteiger partial charge in [0.2, 0.25) is 5.91 Å². The Hall–Kier alpha value is -3.41. The summed E-state index contributed by atoms with van der Waals surface area (Å²) in [5.74, 6) is -0.365. The van der Waals surface area contributed by atoms with Gasteiger partial charge in [-0.1, -0.05) is 36.4 Å². The zero-order chi connectivity index (χ0) is 20.9. The average molecular weight is 403 g/mol. The molecular formula is C24H25N3O3. The molecule has 0 saturated carbocycles. The van der Waals surface area contributed by atoms with Crippen LogP contribution in [-0.4, -0.2) is 46.1 Å². The largest absolute Gasteiger partial charge is 0.469 e. The predicted octanol–water partition coefficient (Wildman–Crippen LogP) is 3.96. The molecule has 1 unspecified atom stereocenters. The fraction of sp³-hybridized carbons (Fsp3) is 0.292. The Balaban J connectivity index is 1.64. The third-order valence-electron chi connectivity index (χ3n) is 5.56. The molecule has 1 fully saturated rings. The quantitative estimate of drug-likeness (QED) is 0.478. The van der Waals surface area contributed by atoms with E-state index in [2.05, 4.69) is 0 Å². The summed E-state index contributed by atoms with van der Waals surface area (Å²) in [4.78, 5) is 26.6. The lowest BCUT2D eigenvalue weighted by atomic mass is 9.99. The van der Waals surface area contributed by atoms with Crippen molar-refractivity contribution in [1.82, 2.24) is 14.5 Å². The van der Waals surface area contributed by atoms with Crippen molar-refractivity contribution in [3.63, 3.8) is 0 Å². The van der Waals surface area contributed by atoms with Crippen molar-refractivity contribution in [2.24, 2.45) is 0 Å². The Morgan fingerprint density at radius 1 is 1.13 bits per heavy atom. The summed E-state index contributed by atoms with van der Waals surface area (Å²) in [7, 11) is 1.38. The first kappa shape index (κ1) is 19.9. The zero-order valence-corrected chi connectivity index (χ0v) is 17.0. The van der Waals surface area contributed by atoms with E-state index < -0.39 is 0 Å². The number of aromatic nitrogens is 2. The van der Waals surface area contributed by atoms with Crippen LogP contribution < -0.4 is 0 Å². The number of benzene rings is 1. The van der Waals surface area contributed by atoms with Crippen molar-refractivity contribution in [2.45, 2.75) is 31.7 Å². The van der Waals surface area contributed by atoms with Gasteiger partial charge >= 0.3 is 5.97 Å². The van der Waals surface area contributed by atoms with Gasteiger partial charge in [-0.3, -0.25) is 9.59 Å². The highest BCUT2D eigenvalue weighted by Gasteiger charge is 2.27. The van der Waals surface area contributed by atoms with Crippen LogP contribution in [0.25, 0.3) is 22.9 Å². The molecule has 1 saturated heterocycles. The van der Waals surface area contributed by atoms with E-state index in [4.69, 9.17) is 9.84 Å². The lowest BCUT2D eigenvalue weighted by molar-refractivity contribution is -0.143. The topological polar surface area (TPSA) is 63.9 Å². The van der Waals surface area contributed by atoms with Gasteiger partial charge < -0.3 is 9.64 Å². The molecule has 0 N–H and O–H groups in total. The monoisotopic (exact) mass is 403 g/mol. The van der Waals surface area contributed by atoms with Crippen molar-refractivity contribution in [3.05, 3.63) is 66.4 Å². The van der Waals surface area contributed by atoms with Gasteiger partial charge in [0.05, 0.1) is 19.0 Å². The maximum Gasteiger partial charge on any atom is 0.307 e. The molecule has 1 aliphatic rings. The first-order valence-electron chi connectivity index (χ1n) is 10.3. The molecule has 0 aliphatic carbocycles. The minimum absolute atomic E-state index is 0.0853. The van der Waals surface area contributed by atoms with Gasteiger partial charge in [-0.05, 0) is 37.5 Å². The third-order valence-corrected chi connectivity index (χ3v) is 5.56. The number of esters is 1. The van der Waals surface area contributed by atoms with Crippen LogP contribution in [0.4, 0.5) is 0 Å². The van der Waals surface area contributed by atoms with Crippen LogP contribution in [0.15, 0.2) is 60.8 Å². The molecule has 30 heavy (non-hydrogen) atoms. The summed E-state index contributed by atoms with van der Waals surface area (Å²) in [5.41, 5.74) is 3.66. The third kappa shape index (κ3) is 4.13. The van der Waals surface area contributed by atoms with Crippen LogP contribution in [0.3, 0.4) is 0 Å². The standard InChI is InChI=1S/C24H25N3O3/c1-30-23(29)17-19-11-5-7-15-26(19)22(28)14-13-20-21-12-6-8-16-27(21)25-24(20)18-9-3-2-4-10-18/h2-4,6,8-10,12-14,16,19H,5,7,11,15,17H2,1H3. The second-order valence-electron chi connectivity index (χ2n) is 7.45. The van der Waals surface area contributed by atoms with Crippen LogP contribution in [0.5, 0.6) is 0 Å². The highest BCUT2D eigenvalue weighted by molar-refractivity contribution is 5.95. The molecule has 154 valence electrons. The van der Waals surface area contributed by atoms with Crippen LogP contribution in [-0.2, 0) is 14.3 Å². The number of amides is 1. The number of likely N-dealkylation sites (tertiary alicyclic amines) is 1. The molecule has 1 atom stereocenters. The van der Waals surface area contributed by atoms with Crippen molar-refractivity contribution < 1.29 is 14.3 Å². The summed E-state index contributed by atoms with van der Waals surface area (Å²) in [6.07, 6.45) is 8.37. The first-order valence-corrected chi connectivity index (χ1v) is 10.3. The number of carbonyl (C=O) groups excluding carboxylic acids is 2. The van der Waals surface area contributed by atoms with E-state index in [0.29, 0.717) is 6.54 Å². The molecule has 0 spiro atoms. The summed E-state index contributed by atoms with van der Waals surface area (Å²) < 4.78 is 6.63. The van der Waals surface area contributed by atoms with Crippen molar-refractivity contribution in [2.75, 3.05) is 13.7 Å². The zero-order valence-electron chi connectivity index (χ0n) is 17.0. The number of hydrogen-bond donors (Lipinski definition) is 0. The molecule has 3 aromatic rings. The van der Waals surface area contributed by atoms with E-state index in [0.717, 1.165) is 41.6 Å². The molecular weight excluding hydrogens is 378 g/mol. The molecule has 6 nitrogen and oxygen atoms in total. The highest BCUT2D eigenvalue weighted by Crippen LogP contribution is 2.28. The minimum atomic E-state index is -0.280. The van der Waals surface area contributed by atoms with Crippen molar-refractivity contribution >= 4 is 23.5 Å². The van der Waals surface area contributed by atoms with Gasteiger partial charge in [0.25, 0.3) is 0 Å². The second kappa shape index (κ2) is 8.95. The number of rotatable bonds is 5. The number of methoxy groups -OCH3 is 1. The average Bonchev–Trinajstić information content (AvgIpc) is 3.17. The Morgan fingerprint density at radius 2 is 1.93 bits per heavy atom. The number of piperidine rings is 1.